The Morgan fingerprint density at radius 2 is 2.00 bits per heavy atom. The van der Waals surface area contributed by atoms with E-state index in [0.29, 0.717) is 29.6 Å². The molecule has 11 heteroatoms. The molecule has 1 aromatic heterocycles. The number of thiazole rings is 1. The van der Waals surface area contributed by atoms with E-state index in [2.05, 4.69) is 25.3 Å². The van der Waals surface area contributed by atoms with Gasteiger partial charge in [-0.1, -0.05) is 0 Å². The summed E-state index contributed by atoms with van der Waals surface area (Å²) in [4.78, 5) is 9.80. The van der Waals surface area contributed by atoms with Crippen LogP contribution in [-0.4, -0.2) is 37.9 Å². The summed E-state index contributed by atoms with van der Waals surface area (Å²) in [6.45, 7) is 2.01. The van der Waals surface area contributed by atoms with Crippen LogP contribution in [0.5, 0.6) is 17.2 Å². The van der Waals surface area contributed by atoms with Gasteiger partial charge in [0.1, 0.15) is 5.75 Å². The first-order valence-electron chi connectivity index (χ1n) is 8.71. The number of aromatic nitrogens is 1. The normalized spacial score (nSPS) is 12.7. The molecule has 160 valence electrons. The monoisotopic (exact) mass is 540 g/mol. The number of hydrogen-bond acceptors (Lipinski definition) is 6. The van der Waals surface area contributed by atoms with Crippen LogP contribution in [0.25, 0.3) is 0 Å². The molecule has 0 aliphatic carbocycles. The maximum Gasteiger partial charge on any atom is 0.387 e. The van der Waals surface area contributed by atoms with Crippen LogP contribution in [-0.2, 0) is 13.0 Å². The zero-order valence-corrected chi connectivity index (χ0v) is 19.4. The Balaban J connectivity index is 0.00000300. The van der Waals surface area contributed by atoms with Crippen LogP contribution < -0.4 is 24.8 Å². The highest BCUT2D eigenvalue weighted by atomic mass is 127. The standard InChI is InChI=1S/C18H22F2N4O3S.HI/c1-10-16(28-11(2)24-10)4-5-22-18(21-3)23-8-12-6-14-15(26-9-25-14)7-13(12)27-17(19)20;/h6-7,17H,4-5,8-9H2,1-3H3,(H2,21,22,23);1H. The third-order valence-electron chi connectivity index (χ3n) is 4.09. The molecule has 7 nitrogen and oxygen atoms in total. The molecular formula is C18H23F2IN4O3S. The molecule has 0 fully saturated rings. The highest BCUT2D eigenvalue weighted by Crippen LogP contribution is 2.38. The summed E-state index contributed by atoms with van der Waals surface area (Å²) in [7, 11) is 1.65. The largest absolute Gasteiger partial charge is 0.454 e. The Morgan fingerprint density at radius 1 is 1.28 bits per heavy atom. The number of guanidine groups is 1. The van der Waals surface area contributed by atoms with E-state index in [1.807, 2.05) is 13.8 Å². The number of hydrogen-bond donors (Lipinski definition) is 2. The van der Waals surface area contributed by atoms with Crippen molar-refractivity contribution in [3.05, 3.63) is 33.3 Å². The van der Waals surface area contributed by atoms with E-state index >= 15 is 0 Å². The molecule has 3 rings (SSSR count). The van der Waals surface area contributed by atoms with Gasteiger partial charge in [-0.15, -0.1) is 35.3 Å². The van der Waals surface area contributed by atoms with Crippen LogP contribution in [0.4, 0.5) is 8.78 Å². The van der Waals surface area contributed by atoms with Gasteiger partial charge in [-0.05, 0) is 19.9 Å². The first kappa shape index (κ1) is 23.4. The average Bonchev–Trinajstić information content (AvgIpc) is 3.22. The van der Waals surface area contributed by atoms with Crippen molar-refractivity contribution < 1.29 is 23.0 Å². The Kier molecular flexibility index (Phi) is 8.68. The maximum absolute atomic E-state index is 12.7. The van der Waals surface area contributed by atoms with Crippen LogP contribution in [0, 0.1) is 13.8 Å². The molecule has 1 aliphatic rings. The van der Waals surface area contributed by atoms with Crippen molar-refractivity contribution in [3.8, 4) is 17.2 Å². The van der Waals surface area contributed by atoms with E-state index in [0.717, 1.165) is 17.1 Å². The number of nitrogens with one attached hydrogen (secondary N) is 2. The Morgan fingerprint density at radius 3 is 2.62 bits per heavy atom. The van der Waals surface area contributed by atoms with E-state index in [9.17, 15) is 8.78 Å². The second-order valence-corrected chi connectivity index (χ2v) is 7.32. The van der Waals surface area contributed by atoms with Gasteiger partial charge in [-0.25, -0.2) is 4.98 Å². The van der Waals surface area contributed by atoms with Gasteiger partial charge in [0.25, 0.3) is 0 Å². The van der Waals surface area contributed by atoms with Crippen molar-refractivity contribution >= 4 is 41.3 Å². The maximum atomic E-state index is 12.7. The summed E-state index contributed by atoms with van der Waals surface area (Å²) in [6, 6.07) is 3.04. The molecular weight excluding hydrogens is 517 g/mol. The number of alkyl halides is 2. The second kappa shape index (κ2) is 10.8. The van der Waals surface area contributed by atoms with E-state index in [-0.39, 0.29) is 43.1 Å². The van der Waals surface area contributed by atoms with Gasteiger partial charge in [-0.3, -0.25) is 4.99 Å². The minimum absolute atomic E-state index is 0. The number of ether oxygens (including phenoxy) is 3. The summed E-state index contributed by atoms with van der Waals surface area (Å²) in [5.74, 6) is 1.48. The molecule has 0 atom stereocenters. The fourth-order valence-corrected chi connectivity index (χ4v) is 3.75. The molecule has 2 aromatic rings. The van der Waals surface area contributed by atoms with Gasteiger partial charge in [0.15, 0.2) is 17.5 Å². The van der Waals surface area contributed by atoms with Crippen molar-refractivity contribution in [3.63, 3.8) is 0 Å². The summed E-state index contributed by atoms with van der Waals surface area (Å²) < 4.78 is 40.6. The lowest BCUT2D eigenvalue weighted by Crippen LogP contribution is -2.37. The highest BCUT2D eigenvalue weighted by molar-refractivity contribution is 14.0. The van der Waals surface area contributed by atoms with Crippen LogP contribution >= 0.6 is 35.3 Å². The van der Waals surface area contributed by atoms with Gasteiger partial charge in [0.05, 0.1) is 10.7 Å². The third-order valence-corrected chi connectivity index (χ3v) is 5.22. The smallest absolute Gasteiger partial charge is 0.387 e. The lowest BCUT2D eigenvalue weighted by molar-refractivity contribution is -0.0505. The summed E-state index contributed by atoms with van der Waals surface area (Å²) >= 11 is 1.68. The molecule has 0 unspecified atom stereocenters. The lowest BCUT2D eigenvalue weighted by atomic mass is 10.1. The number of benzene rings is 1. The van der Waals surface area contributed by atoms with Crippen LogP contribution in [0.1, 0.15) is 21.1 Å². The van der Waals surface area contributed by atoms with E-state index < -0.39 is 6.61 Å². The van der Waals surface area contributed by atoms with Gasteiger partial charge in [0, 0.05) is 43.1 Å². The van der Waals surface area contributed by atoms with Crippen molar-refractivity contribution in [2.75, 3.05) is 20.4 Å². The quantitative estimate of drug-likeness (QED) is 0.318. The Bertz CT molecular complexity index is 864. The molecule has 29 heavy (non-hydrogen) atoms. The molecule has 0 saturated heterocycles. The van der Waals surface area contributed by atoms with Gasteiger partial charge < -0.3 is 24.8 Å². The fraction of sp³-hybridized carbons (Fsp3) is 0.444. The average molecular weight is 540 g/mol. The van der Waals surface area contributed by atoms with Gasteiger partial charge in [-0.2, -0.15) is 8.78 Å². The van der Waals surface area contributed by atoms with Crippen molar-refractivity contribution in [2.45, 2.75) is 33.4 Å². The number of aliphatic imine (C=N–C) groups is 1. The Labute approximate surface area is 188 Å². The number of aryl methyl sites for hydroxylation is 2. The molecule has 0 bridgehead atoms. The van der Waals surface area contributed by atoms with Gasteiger partial charge >= 0.3 is 6.61 Å². The molecule has 0 amide bonds. The summed E-state index contributed by atoms with van der Waals surface area (Å²) in [5.41, 5.74) is 1.56. The Hall–Kier alpha value is -1.89. The molecule has 0 radical (unpaired) electrons. The minimum atomic E-state index is -2.93. The first-order valence-corrected chi connectivity index (χ1v) is 9.52. The van der Waals surface area contributed by atoms with Crippen molar-refractivity contribution in [1.29, 1.82) is 0 Å². The van der Waals surface area contributed by atoms with Crippen molar-refractivity contribution in [1.82, 2.24) is 15.6 Å². The molecule has 2 N–H and O–H groups in total. The fourth-order valence-electron chi connectivity index (χ4n) is 2.81. The topological polar surface area (TPSA) is 77.0 Å². The van der Waals surface area contributed by atoms with E-state index in [4.69, 9.17) is 9.47 Å². The van der Waals surface area contributed by atoms with Crippen LogP contribution in [0.3, 0.4) is 0 Å². The molecule has 2 heterocycles. The molecule has 0 saturated carbocycles. The first-order chi connectivity index (χ1) is 13.5. The molecule has 0 spiro atoms. The van der Waals surface area contributed by atoms with Gasteiger partial charge in [0.2, 0.25) is 6.79 Å². The van der Waals surface area contributed by atoms with E-state index in [1.165, 1.54) is 10.9 Å². The minimum Gasteiger partial charge on any atom is -0.454 e. The number of fused-ring (bicyclic) bond motifs is 1. The third kappa shape index (κ3) is 6.29. The van der Waals surface area contributed by atoms with Crippen LogP contribution in [0.2, 0.25) is 0 Å². The van der Waals surface area contributed by atoms with E-state index in [1.54, 1.807) is 24.5 Å². The zero-order valence-electron chi connectivity index (χ0n) is 16.3. The molecule has 1 aromatic carbocycles. The predicted molar refractivity (Wildman–Crippen MR) is 118 cm³/mol. The number of nitrogens with zero attached hydrogens (tertiary/aromatic N) is 2. The lowest BCUT2D eigenvalue weighted by Gasteiger charge is -2.15. The summed E-state index contributed by atoms with van der Waals surface area (Å²) in [6.07, 6.45) is 0.821. The second-order valence-electron chi connectivity index (χ2n) is 6.04. The zero-order chi connectivity index (χ0) is 20.1. The molecule has 1 aliphatic heterocycles. The van der Waals surface area contributed by atoms with Crippen LogP contribution in [0.15, 0.2) is 17.1 Å². The summed E-state index contributed by atoms with van der Waals surface area (Å²) in [5, 5.41) is 7.36. The SMILES string of the molecule is CN=C(NCCc1sc(C)nc1C)NCc1cc2c(cc1OC(F)F)OCO2.I. The van der Waals surface area contributed by atoms with Crippen molar-refractivity contribution in [2.24, 2.45) is 4.99 Å². The predicted octanol–water partition coefficient (Wildman–Crippen LogP) is 3.62. The number of rotatable bonds is 7. The number of halogens is 3. The highest BCUT2D eigenvalue weighted by Gasteiger charge is 2.20.